The van der Waals surface area contributed by atoms with Crippen LogP contribution in [0, 0.1) is 5.41 Å². The smallest absolute Gasteiger partial charge is 0.252 e. The van der Waals surface area contributed by atoms with E-state index in [4.69, 9.17) is 11.5 Å². The molecule has 2 atom stereocenters. The number of carbonyl (C=O) groups is 2. The highest BCUT2D eigenvalue weighted by atomic mass is 16.1. The maximum Gasteiger partial charge on any atom is 0.252 e. The molecule has 1 aliphatic carbocycles. The van der Waals surface area contributed by atoms with Crippen molar-refractivity contribution in [1.82, 2.24) is 14.6 Å². The Balaban J connectivity index is 1.75. The molecule has 0 radical (unpaired) electrons. The van der Waals surface area contributed by atoms with Crippen LogP contribution in [0.4, 0.5) is 11.5 Å². The highest BCUT2D eigenvalue weighted by Gasteiger charge is 2.49. The van der Waals surface area contributed by atoms with E-state index in [0.29, 0.717) is 17.1 Å². The van der Waals surface area contributed by atoms with Gasteiger partial charge in [-0.1, -0.05) is 13.8 Å². The molecule has 1 fully saturated rings. The Hall–Kier alpha value is -3.46. The quantitative estimate of drug-likeness (QED) is 0.486. The number of amides is 2. The largest absolute Gasteiger partial charge is 0.379 e. The van der Waals surface area contributed by atoms with E-state index in [0.717, 1.165) is 29.5 Å². The number of nitrogens with zero attached hydrogens (tertiary/aromatic N) is 3. The van der Waals surface area contributed by atoms with Gasteiger partial charge in [0.25, 0.3) is 5.91 Å². The molecule has 0 saturated heterocycles. The fourth-order valence-electron chi connectivity index (χ4n) is 4.32. The van der Waals surface area contributed by atoms with Crippen LogP contribution in [0.2, 0.25) is 0 Å². The van der Waals surface area contributed by atoms with Crippen LogP contribution < -0.4 is 22.1 Å². The molecule has 0 aliphatic heterocycles. The van der Waals surface area contributed by atoms with Gasteiger partial charge in [0, 0.05) is 47.4 Å². The van der Waals surface area contributed by atoms with Crippen molar-refractivity contribution in [2.75, 3.05) is 10.6 Å². The Labute approximate surface area is 186 Å². The predicted molar refractivity (Wildman–Crippen MR) is 124 cm³/mol. The van der Waals surface area contributed by atoms with Crippen molar-refractivity contribution < 1.29 is 9.59 Å². The van der Waals surface area contributed by atoms with Crippen molar-refractivity contribution in [1.29, 1.82) is 0 Å². The van der Waals surface area contributed by atoms with Crippen LogP contribution in [0.3, 0.4) is 0 Å². The minimum Gasteiger partial charge on any atom is -0.379 e. The third kappa shape index (κ3) is 3.69. The van der Waals surface area contributed by atoms with Crippen LogP contribution in [-0.4, -0.2) is 38.0 Å². The number of nitrogens with one attached hydrogen (secondary N) is 2. The third-order valence-electron chi connectivity index (χ3n) is 6.92. The van der Waals surface area contributed by atoms with E-state index in [1.54, 1.807) is 16.8 Å². The molecular weight excluding hydrogens is 406 g/mol. The van der Waals surface area contributed by atoms with Gasteiger partial charge in [0.2, 0.25) is 5.91 Å². The highest BCUT2D eigenvalue weighted by Crippen LogP contribution is 2.46. The second-order valence-electron chi connectivity index (χ2n) is 9.34. The molecule has 9 heteroatoms. The molecule has 3 heterocycles. The topological polar surface area (TPSA) is 140 Å². The summed E-state index contributed by atoms with van der Waals surface area (Å²) in [7, 11) is 0. The van der Waals surface area contributed by atoms with E-state index < -0.39 is 5.91 Å². The molecule has 3 aromatic heterocycles. The Morgan fingerprint density at radius 3 is 2.50 bits per heavy atom. The van der Waals surface area contributed by atoms with Crippen LogP contribution in [0.5, 0.6) is 0 Å². The number of hydrogen-bond acceptors (Lipinski definition) is 6. The van der Waals surface area contributed by atoms with Gasteiger partial charge < -0.3 is 22.1 Å². The summed E-state index contributed by atoms with van der Waals surface area (Å²) in [4.78, 5) is 27.7. The number of carbonyl (C=O) groups excluding carboxylic acids is 2. The number of nitrogens with two attached hydrogens (primary N) is 2. The number of fused-ring (bicyclic) bond motifs is 1. The van der Waals surface area contributed by atoms with E-state index in [1.807, 2.05) is 18.3 Å². The van der Waals surface area contributed by atoms with Crippen molar-refractivity contribution in [2.45, 2.75) is 52.1 Å². The molecule has 9 nitrogen and oxygen atoms in total. The monoisotopic (exact) mass is 435 g/mol. The van der Waals surface area contributed by atoms with Crippen LogP contribution in [0.15, 0.2) is 36.8 Å². The summed E-state index contributed by atoms with van der Waals surface area (Å²) in [5, 5.41) is 10.6. The second kappa shape index (κ2) is 7.59. The second-order valence-corrected chi connectivity index (χ2v) is 9.34. The first-order chi connectivity index (χ1) is 15.0. The molecule has 0 aromatic carbocycles. The first-order valence-electron chi connectivity index (χ1n) is 10.6. The summed E-state index contributed by atoms with van der Waals surface area (Å²) in [5.41, 5.74) is 15.2. The Morgan fingerprint density at radius 2 is 1.94 bits per heavy atom. The summed E-state index contributed by atoms with van der Waals surface area (Å²) >= 11 is 0. The SMILES string of the molecule is CC(=O)Nc1ccc(-c2cc3c(N[C@@H]4CC[C@](C)(N)C4(C)C)c(C(N)=O)cnn3c2)cn1. The number of pyridine rings is 1. The molecule has 3 aromatic rings. The summed E-state index contributed by atoms with van der Waals surface area (Å²) in [6, 6.07) is 5.62. The maximum absolute atomic E-state index is 12.2. The standard InChI is InChI=1S/C23H29N7O2/c1-13(31)28-19-6-5-14(10-26-19)15-9-17-20(16(21(24)32)11-27-30(17)12-15)29-18-7-8-23(4,25)22(18,2)3/h5-6,9-12,18,29H,7-8,25H2,1-4H3,(H2,24,32)(H,26,28,31)/t18-,23+/m1/s1. The zero-order valence-corrected chi connectivity index (χ0v) is 18.8. The first-order valence-corrected chi connectivity index (χ1v) is 10.6. The minimum absolute atomic E-state index is 0.0683. The lowest BCUT2D eigenvalue weighted by Gasteiger charge is -2.39. The van der Waals surface area contributed by atoms with E-state index in [-0.39, 0.29) is 22.9 Å². The molecule has 0 bridgehead atoms. The van der Waals surface area contributed by atoms with Crippen molar-refractivity contribution in [3.8, 4) is 11.1 Å². The normalized spacial score (nSPS) is 22.1. The van der Waals surface area contributed by atoms with Gasteiger partial charge >= 0.3 is 0 Å². The van der Waals surface area contributed by atoms with Crippen LogP contribution >= 0.6 is 0 Å². The molecule has 1 saturated carbocycles. The lowest BCUT2D eigenvalue weighted by molar-refractivity contribution is -0.114. The molecular formula is C23H29N7O2. The maximum atomic E-state index is 12.2. The minimum atomic E-state index is -0.544. The van der Waals surface area contributed by atoms with Gasteiger partial charge in [-0.2, -0.15) is 5.10 Å². The number of aromatic nitrogens is 3. The van der Waals surface area contributed by atoms with E-state index in [2.05, 4.69) is 41.5 Å². The summed E-state index contributed by atoms with van der Waals surface area (Å²) in [5.74, 6) is -0.241. The zero-order chi connectivity index (χ0) is 23.3. The van der Waals surface area contributed by atoms with Gasteiger partial charge in [-0.05, 0) is 38.0 Å². The number of primary amides is 1. The van der Waals surface area contributed by atoms with Crippen LogP contribution in [-0.2, 0) is 4.79 Å². The highest BCUT2D eigenvalue weighted by molar-refractivity contribution is 6.02. The van der Waals surface area contributed by atoms with Gasteiger partial charge in [-0.3, -0.25) is 9.59 Å². The van der Waals surface area contributed by atoms with E-state index in [1.165, 1.54) is 13.1 Å². The Morgan fingerprint density at radius 1 is 1.19 bits per heavy atom. The average Bonchev–Trinajstić information content (AvgIpc) is 3.22. The Kier molecular flexibility index (Phi) is 5.16. The molecule has 0 spiro atoms. The van der Waals surface area contributed by atoms with Gasteiger partial charge in [-0.25, -0.2) is 9.50 Å². The molecule has 168 valence electrons. The molecule has 1 aliphatic rings. The molecule has 32 heavy (non-hydrogen) atoms. The van der Waals surface area contributed by atoms with E-state index >= 15 is 0 Å². The van der Waals surface area contributed by atoms with Crippen molar-refractivity contribution in [3.05, 3.63) is 42.4 Å². The lowest BCUT2D eigenvalue weighted by atomic mass is 9.75. The van der Waals surface area contributed by atoms with Gasteiger partial charge in [-0.15, -0.1) is 0 Å². The molecule has 4 rings (SSSR count). The fourth-order valence-corrected chi connectivity index (χ4v) is 4.32. The van der Waals surface area contributed by atoms with Crippen LogP contribution in [0.25, 0.3) is 16.6 Å². The van der Waals surface area contributed by atoms with Gasteiger partial charge in [0.05, 0.1) is 23.0 Å². The molecule has 2 amide bonds. The lowest BCUT2D eigenvalue weighted by Crippen LogP contribution is -2.51. The third-order valence-corrected chi connectivity index (χ3v) is 6.92. The van der Waals surface area contributed by atoms with Crippen molar-refractivity contribution in [3.63, 3.8) is 0 Å². The Bertz CT molecular complexity index is 1200. The average molecular weight is 436 g/mol. The van der Waals surface area contributed by atoms with Gasteiger partial charge in [0.15, 0.2) is 0 Å². The number of anilines is 2. The summed E-state index contributed by atoms with van der Waals surface area (Å²) in [6.45, 7) is 7.79. The molecule has 0 unspecified atom stereocenters. The number of hydrogen-bond donors (Lipinski definition) is 4. The predicted octanol–water partition coefficient (Wildman–Crippen LogP) is 2.77. The zero-order valence-electron chi connectivity index (χ0n) is 18.8. The van der Waals surface area contributed by atoms with Gasteiger partial charge in [0.1, 0.15) is 5.82 Å². The first kappa shape index (κ1) is 21.8. The van der Waals surface area contributed by atoms with Crippen LogP contribution in [0.1, 0.15) is 50.9 Å². The van der Waals surface area contributed by atoms with Crippen molar-refractivity contribution in [2.24, 2.45) is 16.9 Å². The molecule has 6 N–H and O–H groups in total. The van der Waals surface area contributed by atoms with E-state index in [9.17, 15) is 9.59 Å². The fraction of sp³-hybridized carbons (Fsp3) is 0.391. The summed E-state index contributed by atoms with van der Waals surface area (Å²) in [6.07, 6.45) is 6.80. The number of rotatable bonds is 5. The summed E-state index contributed by atoms with van der Waals surface area (Å²) < 4.78 is 1.72. The van der Waals surface area contributed by atoms with Crippen molar-refractivity contribution >= 4 is 28.8 Å².